The van der Waals surface area contributed by atoms with Crippen LogP contribution in [0.25, 0.3) is 0 Å². The van der Waals surface area contributed by atoms with Crippen LogP contribution >= 0.6 is 11.8 Å². The minimum absolute atomic E-state index is 0.0487. The maximum Gasteiger partial charge on any atom is 0.257 e. The summed E-state index contributed by atoms with van der Waals surface area (Å²) in [6.45, 7) is 6.58. The van der Waals surface area contributed by atoms with E-state index in [-0.39, 0.29) is 23.7 Å². The van der Waals surface area contributed by atoms with Crippen LogP contribution in [-0.4, -0.2) is 27.8 Å². The van der Waals surface area contributed by atoms with E-state index in [1.807, 2.05) is 0 Å². The first-order valence-corrected chi connectivity index (χ1v) is 10.5. The molecule has 5 nitrogen and oxygen atoms in total. The van der Waals surface area contributed by atoms with Gasteiger partial charge in [0.05, 0.1) is 0 Å². The average molecular weight is 406 g/mol. The van der Waals surface area contributed by atoms with Gasteiger partial charge in [0.25, 0.3) is 5.56 Å². The number of halogens is 1. The van der Waals surface area contributed by atoms with Gasteiger partial charge in [-0.3, -0.25) is 14.2 Å². The zero-order valence-electron chi connectivity index (χ0n) is 16.9. The Balaban J connectivity index is 1.99. The molecule has 1 N–H and O–H groups in total. The fraction of sp³-hybridized carbons (Fsp3) is 0.476. The van der Waals surface area contributed by atoms with Gasteiger partial charge in [0.2, 0.25) is 5.91 Å². The molecule has 2 rings (SSSR count). The van der Waals surface area contributed by atoms with Crippen molar-refractivity contribution in [3.8, 4) is 0 Å². The van der Waals surface area contributed by atoms with Crippen molar-refractivity contribution in [2.24, 2.45) is 13.0 Å². The molecule has 0 fully saturated rings. The van der Waals surface area contributed by atoms with E-state index in [4.69, 9.17) is 0 Å². The Morgan fingerprint density at radius 1 is 1.32 bits per heavy atom. The second kappa shape index (κ2) is 10.4. The number of nitrogens with zero attached hydrogens (tertiary/aromatic N) is 2. The standard InChI is InChI=1S/C21H28FN3O2S/c1-14(2)13-23-19(26)10-7-11-28-21-24-15(3)17(20(27)25(21)4)12-16-8-5-6-9-18(16)22/h5-6,8-9,14H,7,10-13H2,1-4H3,(H,23,26). The normalized spacial score (nSPS) is 11.1. The lowest BCUT2D eigenvalue weighted by Crippen LogP contribution is -2.27. The van der Waals surface area contributed by atoms with Gasteiger partial charge in [-0.1, -0.05) is 43.8 Å². The predicted molar refractivity (Wildman–Crippen MR) is 111 cm³/mol. The molecule has 0 unspecified atom stereocenters. The minimum Gasteiger partial charge on any atom is -0.356 e. The van der Waals surface area contributed by atoms with Crippen LogP contribution in [0.4, 0.5) is 4.39 Å². The Morgan fingerprint density at radius 3 is 2.71 bits per heavy atom. The number of carbonyl (C=O) groups is 1. The molecule has 0 bridgehead atoms. The summed E-state index contributed by atoms with van der Waals surface area (Å²) in [5.41, 5.74) is 1.44. The Kier molecular flexibility index (Phi) is 8.23. The van der Waals surface area contributed by atoms with E-state index >= 15 is 0 Å². The van der Waals surface area contributed by atoms with Crippen molar-refractivity contribution in [3.05, 3.63) is 57.3 Å². The van der Waals surface area contributed by atoms with Crippen molar-refractivity contribution in [3.63, 3.8) is 0 Å². The summed E-state index contributed by atoms with van der Waals surface area (Å²) >= 11 is 1.46. The van der Waals surface area contributed by atoms with E-state index < -0.39 is 0 Å². The van der Waals surface area contributed by atoms with Crippen molar-refractivity contribution in [2.45, 2.75) is 45.2 Å². The Labute approximate surface area is 169 Å². The van der Waals surface area contributed by atoms with E-state index in [0.29, 0.717) is 53.0 Å². The second-order valence-corrected chi connectivity index (χ2v) is 8.30. The highest BCUT2D eigenvalue weighted by Gasteiger charge is 2.14. The average Bonchev–Trinajstić information content (AvgIpc) is 2.65. The van der Waals surface area contributed by atoms with Crippen molar-refractivity contribution in [1.29, 1.82) is 0 Å². The number of benzene rings is 1. The van der Waals surface area contributed by atoms with Gasteiger partial charge in [0, 0.05) is 43.4 Å². The van der Waals surface area contributed by atoms with Gasteiger partial charge in [0.15, 0.2) is 5.16 Å². The van der Waals surface area contributed by atoms with Gasteiger partial charge < -0.3 is 5.32 Å². The van der Waals surface area contributed by atoms with Crippen LogP contribution in [-0.2, 0) is 18.3 Å². The summed E-state index contributed by atoms with van der Waals surface area (Å²) in [5, 5.41) is 3.51. The maximum absolute atomic E-state index is 13.9. The number of hydrogen-bond donors (Lipinski definition) is 1. The van der Waals surface area contributed by atoms with E-state index in [0.717, 1.165) is 0 Å². The number of hydrogen-bond acceptors (Lipinski definition) is 4. The third-order valence-corrected chi connectivity index (χ3v) is 5.48. The fourth-order valence-electron chi connectivity index (χ4n) is 2.70. The largest absolute Gasteiger partial charge is 0.356 e. The molecule has 0 spiro atoms. The van der Waals surface area contributed by atoms with Crippen LogP contribution < -0.4 is 10.9 Å². The molecular formula is C21H28FN3O2S. The zero-order valence-corrected chi connectivity index (χ0v) is 17.7. The topological polar surface area (TPSA) is 64.0 Å². The molecule has 0 atom stereocenters. The smallest absolute Gasteiger partial charge is 0.257 e. The minimum atomic E-state index is -0.321. The Hall–Kier alpha value is -2.15. The van der Waals surface area contributed by atoms with Crippen molar-refractivity contribution in [2.75, 3.05) is 12.3 Å². The SMILES string of the molecule is Cc1nc(SCCCC(=O)NCC(C)C)n(C)c(=O)c1Cc1ccccc1F. The predicted octanol–water partition coefficient (Wildman–Crippen LogP) is 3.46. The van der Waals surface area contributed by atoms with Gasteiger partial charge in [-0.25, -0.2) is 9.37 Å². The van der Waals surface area contributed by atoms with Crippen LogP contribution in [0.15, 0.2) is 34.2 Å². The lowest BCUT2D eigenvalue weighted by Gasteiger charge is -2.12. The lowest BCUT2D eigenvalue weighted by atomic mass is 10.0. The molecular weight excluding hydrogens is 377 g/mol. The highest BCUT2D eigenvalue weighted by atomic mass is 32.2. The number of aromatic nitrogens is 2. The maximum atomic E-state index is 13.9. The molecule has 2 aromatic rings. The number of rotatable bonds is 9. The highest BCUT2D eigenvalue weighted by molar-refractivity contribution is 7.99. The molecule has 0 aliphatic carbocycles. The van der Waals surface area contributed by atoms with Crippen LogP contribution in [0.5, 0.6) is 0 Å². The Morgan fingerprint density at radius 2 is 2.04 bits per heavy atom. The number of aryl methyl sites for hydroxylation is 1. The summed E-state index contributed by atoms with van der Waals surface area (Å²) in [6, 6.07) is 6.46. The number of thioether (sulfide) groups is 1. The van der Waals surface area contributed by atoms with Gasteiger partial charge >= 0.3 is 0 Å². The molecule has 0 saturated heterocycles. The quantitative estimate of drug-likeness (QED) is 0.394. The number of carbonyl (C=O) groups excluding carboxylic acids is 1. The summed E-state index contributed by atoms with van der Waals surface area (Å²) in [4.78, 5) is 29.0. The summed E-state index contributed by atoms with van der Waals surface area (Å²) in [6.07, 6.45) is 1.39. The monoisotopic (exact) mass is 405 g/mol. The third-order valence-electron chi connectivity index (χ3n) is 4.36. The fourth-order valence-corrected chi connectivity index (χ4v) is 3.65. The molecule has 0 saturated carbocycles. The first kappa shape index (κ1) is 22.1. The molecule has 0 aliphatic heterocycles. The molecule has 7 heteroatoms. The van der Waals surface area contributed by atoms with Crippen molar-refractivity contribution in [1.82, 2.24) is 14.9 Å². The molecule has 0 aliphatic rings. The highest BCUT2D eigenvalue weighted by Crippen LogP contribution is 2.18. The zero-order chi connectivity index (χ0) is 20.7. The molecule has 1 amide bonds. The van der Waals surface area contributed by atoms with Crippen LogP contribution in [0.2, 0.25) is 0 Å². The van der Waals surface area contributed by atoms with E-state index in [9.17, 15) is 14.0 Å². The summed E-state index contributed by atoms with van der Waals surface area (Å²) < 4.78 is 15.4. The van der Waals surface area contributed by atoms with E-state index in [1.54, 1.807) is 32.2 Å². The number of nitrogens with one attached hydrogen (secondary N) is 1. The molecule has 152 valence electrons. The second-order valence-electron chi connectivity index (χ2n) is 7.24. The van der Waals surface area contributed by atoms with Crippen LogP contribution in [0, 0.1) is 18.7 Å². The van der Waals surface area contributed by atoms with Gasteiger partial charge in [-0.15, -0.1) is 0 Å². The van der Waals surface area contributed by atoms with Gasteiger partial charge in [-0.05, 0) is 30.9 Å². The first-order chi connectivity index (χ1) is 13.3. The van der Waals surface area contributed by atoms with Crippen LogP contribution in [0.1, 0.15) is 43.5 Å². The number of amides is 1. The molecule has 1 aromatic carbocycles. The molecule has 1 heterocycles. The summed E-state index contributed by atoms with van der Waals surface area (Å²) in [5.74, 6) is 0.857. The molecule has 0 radical (unpaired) electrons. The van der Waals surface area contributed by atoms with Gasteiger partial charge in [0.1, 0.15) is 5.82 Å². The van der Waals surface area contributed by atoms with Crippen molar-refractivity contribution >= 4 is 17.7 Å². The Bertz CT molecular complexity index is 880. The first-order valence-electron chi connectivity index (χ1n) is 9.49. The van der Waals surface area contributed by atoms with Crippen molar-refractivity contribution < 1.29 is 9.18 Å². The van der Waals surface area contributed by atoms with E-state index in [2.05, 4.69) is 24.1 Å². The van der Waals surface area contributed by atoms with Crippen LogP contribution in [0.3, 0.4) is 0 Å². The lowest BCUT2D eigenvalue weighted by molar-refractivity contribution is -0.121. The van der Waals surface area contributed by atoms with Gasteiger partial charge in [-0.2, -0.15) is 0 Å². The molecule has 1 aromatic heterocycles. The summed E-state index contributed by atoms with van der Waals surface area (Å²) in [7, 11) is 1.68. The third kappa shape index (κ3) is 6.19. The molecule has 28 heavy (non-hydrogen) atoms. The van der Waals surface area contributed by atoms with E-state index in [1.165, 1.54) is 22.4 Å².